The van der Waals surface area contributed by atoms with Gasteiger partial charge in [0.15, 0.2) is 17.3 Å². The van der Waals surface area contributed by atoms with Crippen LogP contribution in [0.4, 0.5) is 0 Å². The molecule has 0 amide bonds. The number of nitrogens with zero attached hydrogens (tertiary/aromatic N) is 3. The zero-order valence-electron chi connectivity index (χ0n) is 15.6. The molecule has 0 spiro atoms. The van der Waals surface area contributed by atoms with Gasteiger partial charge < -0.3 is 14.0 Å². The molecule has 0 radical (unpaired) electrons. The van der Waals surface area contributed by atoms with E-state index in [2.05, 4.69) is 42.7 Å². The average Bonchev–Trinajstić information content (AvgIpc) is 3.04. The maximum atomic E-state index is 5.45. The fourth-order valence-corrected chi connectivity index (χ4v) is 2.30. The predicted octanol–water partition coefficient (Wildman–Crippen LogP) is 3.58. The van der Waals surface area contributed by atoms with Crippen molar-refractivity contribution in [1.29, 1.82) is 0 Å². The SMILES string of the molecule is COc1ccc(CN(C)[C@@H](C)c2nc(C(C)(C)C)no2)cc1OC. The van der Waals surface area contributed by atoms with Crippen LogP contribution in [0.2, 0.25) is 0 Å². The fourth-order valence-electron chi connectivity index (χ4n) is 2.30. The standard InChI is InChI=1S/C18H27N3O3/c1-12(16-19-17(20-24-16)18(2,3)4)21(5)11-13-8-9-14(22-6)15(10-13)23-7/h8-10,12H,11H2,1-7H3/t12-/m0/s1. The van der Waals surface area contributed by atoms with E-state index in [1.807, 2.05) is 25.2 Å². The van der Waals surface area contributed by atoms with E-state index in [9.17, 15) is 0 Å². The van der Waals surface area contributed by atoms with Gasteiger partial charge in [0.25, 0.3) is 0 Å². The van der Waals surface area contributed by atoms with Gasteiger partial charge in [-0.1, -0.05) is 32.0 Å². The van der Waals surface area contributed by atoms with E-state index in [4.69, 9.17) is 14.0 Å². The highest BCUT2D eigenvalue weighted by Gasteiger charge is 2.25. The van der Waals surface area contributed by atoms with E-state index in [0.717, 1.165) is 29.4 Å². The molecule has 0 saturated carbocycles. The highest BCUT2D eigenvalue weighted by molar-refractivity contribution is 5.42. The van der Waals surface area contributed by atoms with E-state index < -0.39 is 0 Å². The van der Waals surface area contributed by atoms with Crippen LogP contribution in [0.5, 0.6) is 11.5 Å². The Morgan fingerprint density at radius 2 is 1.83 bits per heavy atom. The number of ether oxygens (including phenoxy) is 2. The van der Waals surface area contributed by atoms with Crippen molar-refractivity contribution >= 4 is 0 Å². The predicted molar refractivity (Wildman–Crippen MR) is 92.4 cm³/mol. The van der Waals surface area contributed by atoms with Crippen LogP contribution in [0.15, 0.2) is 22.7 Å². The fraction of sp³-hybridized carbons (Fsp3) is 0.556. The topological polar surface area (TPSA) is 60.6 Å². The summed E-state index contributed by atoms with van der Waals surface area (Å²) in [4.78, 5) is 6.70. The quantitative estimate of drug-likeness (QED) is 0.805. The molecule has 1 atom stereocenters. The molecule has 2 rings (SSSR count). The molecule has 0 unspecified atom stereocenters. The molecule has 0 bridgehead atoms. The van der Waals surface area contributed by atoms with Crippen molar-refractivity contribution in [2.45, 2.75) is 45.7 Å². The number of rotatable bonds is 6. The molecule has 1 aromatic heterocycles. The van der Waals surface area contributed by atoms with E-state index in [0.29, 0.717) is 5.89 Å². The lowest BCUT2D eigenvalue weighted by Gasteiger charge is -2.22. The molecule has 6 heteroatoms. The lowest BCUT2D eigenvalue weighted by Crippen LogP contribution is -2.22. The number of hydrogen-bond donors (Lipinski definition) is 0. The van der Waals surface area contributed by atoms with Gasteiger partial charge in [0.05, 0.1) is 20.3 Å². The second-order valence-corrected chi connectivity index (χ2v) is 6.99. The Labute approximate surface area is 143 Å². The molecule has 1 heterocycles. The third kappa shape index (κ3) is 4.06. The Kier molecular flexibility index (Phi) is 5.49. The summed E-state index contributed by atoms with van der Waals surface area (Å²) < 4.78 is 16.1. The first kappa shape index (κ1) is 18.3. The van der Waals surface area contributed by atoms with Crippen LogP contribution < -0.4 is 9.47 Å². The monoisotopic (exact) mass is 333 g/mol. The molecule has 2 aromatic rings. The van der Waals surface area contributed by atoms with Gasteiger partial charge in [-0.25, -0.2) is 0 Å². The van der Waals surface area contributed by atoms with Gasteiger partial charge in [-0.2, -0.15) is 4.98 Å². The molecular weight excluding hydrogens is 306 g/mol. The summed E-state index contributed by atoms with van der Waals surface area (Å²) in [6.07, 6.45) is 0. The summed E-state index contributed by atoms with van der Waals surface area (Å²) in [6.45, 7) is 8.99. The molecule has 0 aliphatic carbocycles. The van der Waals surface area contributed by atoms with Gasteiger partial charge in [-0.05, 0) is 31.7 Å². The minimum Gasteiger partial charge on any atom is -0.493 e. The van der Waals surface area contributed by atoms with Crippen molar-refractivity contribution in [2.75, 3.05) is 21.3 Å². The Hall–Kier alpha value is -2.08. The third-order valence-electron chi connectivity index (χ3n) is 4.01. The van der Waals surface area contributed by atoms with Gasteiger partial charge in [0.1, 0.15) is 0 Å². The van der Waals surface area contributed by atoms with Crippen molar-refractivity contribution in [2.24, 2.45) is 0 Å². The van der Waals surface area contributed by atoms with Gasteiger partial charge >= 0.3 is 0 Å². The minimum absolute atomic E-state index is 0.0155. The summed E-state index contributed by atoms with van der Waals surface area (Å²) in [5, 5.41) is 4.10. The molecule has 0 fully saturated rings. The maximum Gasteiger partial charge on any atom is 0.243 e. The Bertz CT molecular complexity index is 676. The third-order valence-corrected chi connectivity index (χ3v) is 4.01. The summed E-state index contributed by atoms with van der Waals surface area (Å²) in [7, 11) is 5.30. The molecule has 1 aromatic carbocycles. The van der Waals surface area contributed by atoms with E-state index in [-0.39, 0.29) is 11.5 Å². The van der Waals surface area contributed by atoms with Crippen molar-refractivity contribution in [1.82, 2.24) is 15.0 Å². The molecular formula is C18H27N3O3. The minimum atomic E-state index is -0.122. The molecule has 6 nitrogen and oxygen atoms in total. The van der Waals surface area contributed by atoms with Gasteiger partial charge in [0, 0.05) is 12.0 Å². The van der Waals surface area contributed by atoms with Crippen molar-refractivity contribution < 1.29 is 14.0 Å². The van der Waals surface area contributed by atoms with E-state index in [1.165, 1.54) is 0 Å². The van der Waals surface area contributed by atoms with Crippen LogP contribution in [0, 0.1) is 0 Å². The Balaban J connectivity index is 2.11. The van der Waals surface area contributed by atoms with Crippen LogP contribution in [-0.4, -0.2) is 36.3 Å². The second kappa shape index (κ2) is 7.21. The average molecular weight is 333 g/mol. The van der Waals surface area contributed by atoms with Crippen LogP contribution in [0.3, 0.4) is 0 Å². The highest BCUT2D eigenvalue weighted by atomic mass is 16.5. The van der Waals surface area contributed by atoms with Crippen LogP contribution >= 0.6 is 0 Å². The summed E-state index contributed by atoms with van der Waals surface area (Å²) in [5.41, 5.74) is 1.00. The van der Waals surface area contributed by atoms with Gasteiger partial charge in [-0.15, -0.1) is 0 Å². The van der Waals surface area contributed by atoms with Gasteiger partial charge in [0.2, 0.25) is 5.89 Å². The lowest BCUT2D eigenvalue weighted by atomic mass is 9.96. The Morgan fingerprint density at radius 3 is 2.38 bits per heavy atom. The van der Waals surface area contributed by atoms with Crippen LogP contribution in [0.25, 0.3) is 0 Å². The second-order valence-electron chi connectivity index (χ2n) is 6.99. The van der Waals surface area contributed by atoms with Gasteiger partial charge in [-0.3, -0.25) is 4.90 Å². The van der Waals surface area contributed by atoms with Crippen LogP contribution in [0.1, 0.15) is 51.0 Å². The normalized spacial score (nSPS) is 13.2. The lowest BCUT2D eigenvalue weighted by molar-refractivity contribution is 0.202. The van der Waals surface area contributed by atoms with Crippen LogP contribution in [-0.2, 0) is 12.0 Å². The summed E-state index contributed by atoms with van der Waals surface area (Å²) >= 11 is 0. The molecule has 132 valence electrons. The maximum absolute atomic E-state index is 5.45. The molecule has 0 saturated heterocycles. The zero-order chi connectivity index (χ0) is 17.9. The summed E-state index contributed by atoms with van der Waals surface area (Å²) in [5.74, 6) is 2.80. The largest absolute Gasteiger partial charge is 0.493 e. The van der Waals surface area contributed by atoms with E-state index in [1.54, 1.807) is 14.2 Å². The van der Waals surface area contributed by atoms with Crippen molar-refractivity contribution in [3.63, 3.8) is 0 Å². The first-order chi connectivity index (χ1) is 11.3. The summed E-state index contributed by atoms with van der Waals surface area (Å²) in [6, 6.07) is 5.94. The number of hydrogen-bond acceptors (Lipinski definition) is 6. The van der Waals surface area contributed by atoms with Crippen molar-refractivity contribution in [3.05, 3.63) is 35.5 Å². The highest BCUT2D eigenvalue weighted by Crippen LogP contribution is 2.29. The van der Waals surface area contributed by atoms with E-state index >= 15 is 0 Å². The number of aromatic nitrogens is 2. The smallest absolute Gasteiger partial charge is 0.243 e. The molecule has 24 heavy (non-hydrogen) atoms. The first-order valence-corrected chi connectivity index (χ1v) is 8.01. The molecule has 0 N–H and O–H groups in total. The Morgan fingerprint density at radius 1 is 1.17 bits per heavy atom. The zero-order valence-corrected chi connectivity index (χ0v) is 15.6. The molecule has 0 aliphatic rings. The number of methoxy groups -OCH3 is 2. The number of benzene rings is 1. The molecule has 0 aliphatic heterocycles. The first-order valence-electron chi connectivity index (χ1n) is 8.01. The van der Waals surface area contributed by atoms with Crippen molar-refractivity contribution in [3.8, 4) is 11.5 Å².